The number of esters is 2. The van der Waals surface area contributed by atoms with Crippen molar-refractivity contribution in [3.8, 4) is 11.4 Å². The maximum Gasteiger partial charge on any atom is 0.416 e. The first-order chi connectivity index (χ1) is 44.6. The molecule has 26 nitrogen and oxygen atoms in total. The average Bonchev–Trinajstić information content (AvgIpc) is 1.59. The van der Waals surface area contributed by atoms with Crippen molar-refractivity contribution in [2.75, 3.05) is 74.3 Å². The van der Waals surface area contributed by atoms with Crippen LogP contribution in [0.5, 0.6) is 5.75 Å². The summed E-state index contributed by atoms with van der Waals surface area (Å²) < 4.78 is 76.5. The number of aliphatic hydroxyl groups excluding tert-OH is 1. The van der Waals surface area contributed by atoms with Gasteiger partial charge in [-0.1, -0.05) is 31.2 Å². The molecular formula is C66H87F2N12O14+. The first-order valence-electron chi connectivity index (χ1n) is 31.4. The lowest BCUT2D eigenvalue weighted by Crippen LogP contribution is -2.46. The lowest BCUT2D eigenvalue weighted by Gasteiger charge is -2.37. The molecule has 4 aromatic carbocycles. The molecule has 0 saturated carbocycles. The van der Waals surface area contributed by atoms with Crippen molar-refractivity contribution in [3.05, 3.63) is 143 Å². The van der Waals surface area contributed by atoms with Gasteiger partial charge in [-0.3, -0.25) is 9.69 Å². The molecule has 4 heterocycles. The van der Waals surface area contributed by atoms with Gasteiger partial charge in [-0.2, -0.15) is 9.67 Å². The number of para-hydroxylation sites is 1. The molecule has 1 unspecified atom stereocenters. The molecule has 2 aliphatic heterocycles. The molecule has 28 heteroatoms. The second-order valence-corrected chi connectivity index (χ2v) is 25.4. The van der Waals surface area contributed by atoms with Crippen LogP contribution in [0.2, 0.25) is 0 Å². The van der Waals surface area contributed by atoms with Gasteiger partial charge in [0.1, 0.15) is 71.9 Å². The van der Waals surface area contributed by atoms with E-state index in [2.05, 4.69) is 30.6 Å². The molecule has 2 saturated heterocycles. The fraction of sp³-hybridized carbons (Fsp3) is 0.500. The van der Waals surface area contributed by atoms with Gasteiger partial charge in [0.2, 0.25) is 12.6 Å². The van der Waals surface area contributed by atoms with E-state index in [1.165, 1.54) is 50.7 Å². The first-order valence-corrected chi connectivity index (χ1v) is 31.4. The van der Waals surface area contributed by atoms with Crippen LogP contribution in [-0.2, 0) is 56.8 Å². The third kappa shape index (κ3) is 18.8. The van der Waals surface area contributed by atoms with E-state index in [1.807, 2.05) is 55.5 Å². The van der Waals surface area contributed by atoms with Gasteiger partial charge in [0.25, 0.3) is 6.33 Å². The molecular weight excluding hydrogens is 1220 g/mol. The minimum atomic E-state index is -1.29. The van der Waals surface area contributed by atoms with Crippen molar-refractivity contribution < 1.29 is 75.6 Å². The molecule has 0 aliphatic carbocycles. The highest BCUT2D eigenvalue weighted by Crippen LogP contribution is 2.42. The monoisotopic (exact) mass is 1310 g/mol. The number of ether oxygens (including phenoxy) is 7. The van der Waals surface area contributed by atoms with Crippen LogP contribution in [0.15, 0.2) is 115 Å². The zero-order valence-corrected chi connectivity index (χ0v) is 54.9. The number of carbonyl (C=O) groups excluding carboxylic acids is 5. The summed E-state index contributed by atoms with van der Waals surface area (Å²) in [5.41, 5.74) is 5.99. The van der Waals surface area contributed by atoms with Crippen molar-refractivity contribution in [2.45, 2.75) is 148 Å². The lowest BCUT2D eigenvalue weighted by molar-refractivity contribution is -0.753. The van der Waals surface area contributed by atoms with Gasteiger partial charge in [0.05, 0.1) is 37.2 Å². The number of benzene rings is 4. The molecule has 7 atom stereocenters. The number of piperazine rings is 1. The lowest BCUT2D eigenvalue weighted by atomic mass is 9.87. The van der Waals surface area contributed by atoms with Crippen LogP contribution in [-0.4, -0.2) is 148 Å². The molecule has 2 aromatic heterocycles. The molecule has 6 aromatic rings. The van der Waals surface area contributed by atoms with Crippen LogP contribution >= 0.6 is 0 Å². The average molecular weight is 1310 g/mol. The molecule has 2 fully saturated rings. The number of nitrogens with one attached hydrogen (secondary N) is 2. The third-order valence-electron chi connectivity index (χ3n) is 15.9. The number of alkyl carbamates (subject to hydrolysis) is 2. The maximum atomic E-state index is 15.8. The zero-order chi connectivity index (χ0) is 68.1. The molecule has 0 radical (unpaired) electrons. The van der Waals surface area contributed by atoms with Gasteiger partial charge in [-0.05, 0) is 135 Å². The Hall–Kier alpha value is -9.15. The van der Waals surface area contributed by atoms with E-state index >= 15 is 4.39 Å². The van der Waals surface area contributed by atoms with E-state index in [4.69, 9.17) is 38.9 Å². The number of hydrogen-bond donors (Lipinski definition) is 4. The minimum Gasteiger partial charge on any atom is -0.493 e. The Morgan fingerprint density at radius 3 is 2.13 bits per heavy atom. The standard InChI is InChI=1S/C66H86F2N12O14/c1-11-56(43(2)91-58(82)54(69)35-81)80-62(86)79(41-72-80)50-21-19-48(20-22-50)75-29-31-76(32-30-75)49-23-25-51(26-24-49)88-36-45-34-66(90-37-45,52-27-18-47(67)33-53(52)68)39-78-42-77(40-71-78)44(3)92-63(87)74(10)57-17-13-12-15-46(57)38-89-59(83)55(73-61(85)94-65(7,8)9)16-14-28-70-60(84)93-64(4,5)6/h12-13,15,17-27,33,40-45,54-56,81H,11,14,16,28-32,34-39,69H2,1-10H3,(H-,70,73,84,85)/p+1/t43-,44?,45+,54-,55-,56-,66-/m0/s1. The summed E-state index contributed by atoms with van der Waals surface area (Å²) >= 11 is 0. The largest absolute Gasteiger partial charge is 0.493 e. The van der Waals surface area contributed by atoms with Crippen molar-refractivity contribution in [2.24, 2.45) is 11.7 Å². The number of rotatable bonds is 26. The van der Waals surface area contributed by atoms with Crippen LogP contribution in [0.4, 0.5) is 40.2 Å². The number of halogens is 2. The molecule has 5 N–H and O–H groups in total. The van der Waals surface area contributed by atoms with Gasteiger partial charge in [-0.25, -0.2) is 42.0 Å². The fourth-order valence-corrected chi connectivity index (χ4v) is 11.0. The number of aromatic nitrogens is 6. The van der Waals surface area contributed by atoms with E-state index in [9.17, 15) is 38.3 Å². The first kappa shape index (κ1) is 70.7. The minimum absolute atomic E-state index is 0.00976. The van der Waals surface area contributed by atoms with Crippen LogP contribution in [0.3, 0.4) is 0 Å². The molecule has 2 aliphatic rings. The van der Waals surface area contributed by atoms with E-state index in [-0.39, 0.29) is 62.9 Å². The van der Waals surface area contributed by atoms with Crippen molar-refractivity contribution >= 4 is 47.3 Å². The normalized spacial score (nSPS) is 17.4. The van der Waals surface area contributed by atoms with Gasteiger partial charge in [0, 0.05) is 86.3 Å². The number of hydrogen-bond acceptors (Lipinski definition) is 19. The molecule has 3 amide bonds. The van der Waals surface area contributed by atoms with Crippen LogP contribution in [0, 0.1) is 17.6 Å². The summed E-state index contributed by atoms with van der Waals surface area (Å²) in [4.78, 5) is 83.9. The zero-order valence-electron chi connectivity index (χ0n) is 54.9. The second-order valence-electron chi connectivity index (χ2n) is 25.4. The Morgan fingerprint density at radius 1 is 0.851 bits per heavy atom. The topological polar surface area (TPSA) is 292 Å². The SMILES string of the molecule is CC[C@@H]([C@H](C)OC(=O)[C@@H](N)CO)n1ncn(-c2ccc(N3CCN(c4ccc(OC[C@@H]5CO[C@@](Cn6c[n+](C(C)OC(=O)N(C)c7ccccc7COC(=O)[C@H](CCCNC(=O)OC(C)(C)C)NC(=O)OC(C)(C)C)cn6)(c6ccc(F)cc6F)C5)cc4)CC3)cc2)c1=O. The summed E-state index contributed by atoms with van der Waals surface area (Å²) in [5.74, 6) is -2.62. The highest BCUT2D eigenvalue weighted by atomic mass is 19.1. The second kappa shape index (κ2) is 31.2. The molecule has 8 rings (SSSR count). The van der Waals surface area contributed by atoms with E-state index < -0.39 is 95.7 Å². The summed E-state index contributed by atoms with van der Waals surface area (Å²) in [6, 6.07) is 22.7. The third-order valence-corrected chi connectivity index (χ3v) is 15.9. The Kier molecular flexibility index (Phi) is 23.5. The van der Waals surface area contributed by atoms with Crippen molar-refractivity contribution in [1.29, 1.82) is 0 Å². The van der Waals surface area contributed by atoms with E-state index in [0.717, 1.165) is 43.6 Å². The number of nitrogens with zero attached hydrogens (tertiary/aromatic N) is 9. The summed E-state index contributed by atoms with van der Waals surface area (Å²) in [6.45, 7) is 18.2. The Morgan fingerprint density at radius 2 is 1.49 bits per heavy atom. The van der Waals surface area contributed by atoms with Crippen molar-refractivity contribution in [3.63, 3.8) is 0 Å². The molecule has 0 bridgehead atoms. The summed E-state index contributed by atoms with van der Waals surface area (Å²) in [7, 11) is 1.50. The van der Waals surface area contributed by atoms with Crippen LogP contribution < -0.4 is 46.1 Å². The predicted octanol–water partition coefficient (Wildman–Crippen LogP) is 7.37. The van der Waals surface area contributed by atoms with Crippen LogP contribution in [0.25, 0.3) is 5.69 Å². The Bertz CT molecular complexity index is 3600. The quantitative estimate of drug-likeness (QED) is 0.0178. The smallest absolute Gasteiger partial charge is 0.416 e. The highest BCUT2D eigenvalue weighted by Gasteiger charge is 2.47. The summed E-state index contributed by atoms with van der Waals surface area (Å²) in [6.07, 6.45) is 1.74. The summed E-state index contributed by atoms with van der Waals surface area (Å²) in [5, 5.41) is 23.3. The van der Waals surface area contributed by atoms with E-state index in [1.54, 1.807) is 90.5 Å². The predicted molar refractivity (Wildman–Crippen MR) is 341 cm³/mol. The van der Waals surface area contributed by atoms with Gasteiger partial charge in [0.15, 0.2) is 0 Å². The Balaban J connectivity index is 0.829. The molecule has 508 valence electrons. The molecule has 94 heavy (non-hydrogen) atoms. The van der Waals surface area contributed by atoms with Crippen LogP contribution in [0.1, 0.15) is 111 Å². The molecule has 0 spiro atoms. The van der Waals surface area contributed by atoms with Gasteiger partial charge < -0.3 is 64.4 Å². The highest BCUT2D eigenvalue weighted by molar-refractivity contribution is 5.88. The number of aliphatic hydroxyl groups is 1. The Labute approximate surface area is 544 Å². The number of anilines is 3. The van der Waals surface area contributed by atoms with Gasteiger partial charge in [-0.15, -0.1) is 4.68 Å². The number of amides is 3. The van der Waals surface area contributed by atoms with Gasteiger partial charge >= 0.3 is 35.9 Å². The number of nitrogens with two attached hydrogens (primary N) is 1. The fourth-order valence-electron chi connectivity index (χ4n) is 11.0. The maximum absolute atomic E-state index is 15.8. The number of carbonyl (C=O) groups is 5. The van der Waals surface area contributed by atoms with Crippen molar-refractivity contribution in [1.82, 2.24) is 34.8 Å². The van der Waals surface area contributed by atoms with E-state index in [0.29, 0.717) is 35.5 Å².